The zero-order valence-corrected chi connectivity index (χ0v) is 15.3. The maximum absolute atomic E-state index is 12.5. The van der Waals surface area contributed by atoms with Gasteiger partial charge in [-0.2, -0.15) is 0 Å². The molecule has 0 radical (unpaired) electrons. The summed E-state index contributed by atoms with van der Waals surface area (Å²) in [5.41, 5.74) is 1.07. The van der Waals surface area contributed by atoms with Gasteiger partial charge in [0, 0.05) is 35.1 Å². The van der Waals surface area contributed by atoms with Crippen molar-refractivity contribution in [2.75, 3.05) is 5.32 Å². The molecule has 0 aliphatic rings. The molecule has 0 saturated heterocycles. The quantitative estimate of drug-likeness (QED) is 0.525. The number of amides is 1. The van der Waals surface area contributed by atoms with Crippen molar-refractivity contribution in [1.29, 1.82) is 0 Å². The highest BCUT2D eigenvalue weighted by molar-refractivity contribution is 6.02. The molecule has 0 saturated carbocycles. The van der Waals surface area contributed by atoms with Crippen molar-refractivity contribution in [3.8, 4) is 0 Å². The molecule has 3 aromatic rings. The van der Waals surface area contributed by atoms with Gasteiger partial charge in [-0.25, -0.2) is 4.79 Å². The van der Waals surface area contributed by atoms with E-state index in [9.17, 15) is 19.2 Å². The second kappa shape index (κ2) is 7.87. The Hall–Kier alpha value is -3.74. The molecule has 1 amide bonds. The number of Topliss-reactive ketones (excluding diaryl/α,β-unsaturated/α-hetero) is 1. The van der Waals surface area contributed by atoms with Crippen molar-refractivity contribution in [2.24, 2.45) is 0 Å². The van der Waals surface area contributed by atoms with Crippen molar-refractivity contribution in [3.63, 3.8) is 0 Å². The second-order valence-corrected chi connectivity index (χ2v) is 6.26. The van der Waals surface area contributed by atoms with Gasteiger partial charge in [-0.3, -0.25) is 14.4 Å². The fourth-order valence-electron chi connectivity index (χ4n) is 2.74. The smallest absolute Gasteiger partial charge is 0.355 e. The number of nitrogens with one attached hydrogen (secondary N) is 2. The number of hydrogen-bond acceptors (Lipinski definition) is 5. The van der Waals surface area contributed by atoms with Gasteiger partial charge in [-0.15, -0.1) is 0 Å². The number of hydrogen-bond donors (Lipinski definition) is 2. The number of para-hydroxylation sites is 1. The number of aromatic nitrogens is 1. The molecule has 1 aromatic heterocycles. The van der Waals surface area contributed by atoms with E-state index in [1.54, 1.807) is 36.4 Å². The molecule has 0 fully saturated rings. The van der Waals surface area contributed by atoms with Crippen LogP contribution in [0.15, 0.2) is 59.4 Å². The SMILES string of the molecule is CC(=O)Nc1ccc(C(=O)[C@@H](C)OC(=O)c2cc(=O)c3ccccc3[nH]2)cc1. The monoisotopic (exact) mass is 378 g/mol. The highest BCUT2D eigenvalue weighted by Crippen LogP contribution is 2.14. The number of fused-ring (bicyclic) bond motifs is 1. The molecule has 0 unspecified atom stereocenters. The summed E-state index contributed by atoms with van der Waals surface area (Å²) in [6.45, 7) is 2.85. The highest BCUT2D eigenvalue weighted by atomic mass is 16.5. The van der Waals surface area contributed by atoms with Crippen LogP contribution in [-0.2, 0) is 9.53 Å². The number of anilines is 1. The molecule has 28 heavy (non-hydrogen) atoms. The van der Waals surface area contributed by atoms with E-state index >= 15 is 0 Å². The molecule has 1 heterocycles. The van der Waals surface area contributed by atoms with Gasteiger partial charge in [0.05, 0.1) is 0 Å². The Morgan fingerprint density at radius 2 is 1.71 bits per heavy atom. The summed E-state index contributed by atoms with van der Waals surface area (Å²) in [7, 11) is 0. The fourth-order valence-corrected chi connectivity index (χ4v) is 2.74. The average molecular weight is 378 g/mol. The number of pyridine rings is 1. The Morgan fingerprint density at radius 1 is 1.04 bits per heavy atom. The Bertz CT molecular complexity index is 1120. The standard InChI is InChI=1S/C21H18N2O5/c1-12(20(26)14-7-9-15(10-8-14)22-13(2)24)28-21(27)18-11-19(25)16-5-3-4-6-17(16)23-18/h3-12H,1-2H3,(H,22,24)(H,23,25)/t12-/m1/s1. The minimum Gasteiger partial charge on any atom is -0.450 e. The number of rotatable bonds is 5. The Labute approximate surface area is 160 Å². The van der Waals surface area contributed by atoms with E-state index in [1.807, 2.05) is 0 Å². The van der Waals surface area contributed by atoms with Crippen molar-refractivity contribution in [3.05, 3.63) is 76.1 Å². The Balaban J connectivity index is 1.74. The molecule has 142 valence electrons. The van der Waals surface area contributed by atoms with E-state index in [0.717, 1.165) is 6.07 Å². The largest absolute Gasteiger partial charge is 0.450 e. The van der Waals surface area contributed by atoms with Gasteiger partial charge >= 0.3 is 5.97 Å². The van der Waals surface area contributed by atoms with E-state index in [1.165, 1.54) is 26.0 Å². The fraction of sp³-hybridized carbons (Fsp3) is 0.143. The van der Waals surface area contributed by atoms with Gasteiger partial charge in [0.15, 0.2) is 11.5 Å². The molecule has 1 atom stereocenters. The van der Waals surface area contributed by atoms with Crippen molar-refractivity contribution < 1.29 is 19.1 Å². The first-order chi connectivity index (χ1) is 13.3. The highest BCUT2D eigenvalue weighted by Gasteiger charge is 2.21. The van der Waals surface area contributed by atoms with Crippen LogP contribution < -0.4 is 10.7 Å². The molecule has 0 bridgehead atoms. The van der Waals surface area contributed by atoms with E-state index in [-0.39, 0.29) is 17.0 Å². The van der Waals surface area contributed by atoms with Crippen LogP contribution in [0.4, 0.5) is 5.69 Å². The van der Waals surface area contributed by atoms with Crippen LogP contribution in [0.3, 0.4) is 0 Å². The lowest BCUT2D eigenvalue weighted by atomic mass is 10.1. The van der Waals surface area contributed by atoms with Crippen LogP contribution in [0.5, 0.6) is 0 Å². The summed E-state index contributed by atoms with van der Waals surface area (Å²) in [6, 6.07) is 14.2. The molecule has 7 heteroatoms. The third-order valence-electron chi connectivity index (χ3n) is 4.10. The van der Waals surface area contributed by atoms with Gasteiger partial charge in [0.2, 0.25) is 11.7 Å². The summed E-state index contributed by atoms with van der Waals surface area (Å²) < 4.78 is 5.22. The third-order valence-corrected chi connectivity index (χ3v) is 4.10. The van der Waals surface area contributed by atoms with E-state index < -0.39 is 17.9 Å². The van der Waals surface area contributed by atoms with Crippen LogP contribution in [0.2, 0.25) is 0 Å². The summed E-state index contributed by atoms with van der Waals surface area (Å²) >= 11 is 0. The summed E-state index contributed by atoms with van der Waals surface area (Å²) in [5, 5.41) is 3.06. The van der Waals surface area contributed by atoms with Crippen molar-refractivity contribution >= 4 is 34.3 Å². The lowest BCUT2D eigenvalue weighted by Gasteiger charge is -2.13. The zero-order chi connectivity index (χ0) is 20.3. The molecule has 7 nitrogen and oxygen atoms in total. The maximum atomic E-state index is 12.5. The lowest BCUT2D eigenvalue weighted by molar-refractivity contribution is -0.114. The zero-order valence-electron chi connectivity index (χ0n) is 15.3. The minimum atomic E-state index is -1.05. The predicted molar refractivity (Wildman–Crippen MR) is 105 cm³/mol. The topological polar surface area (TPSA) is 105 Å². The first-order valence-corrected chi connectivity index (χ1v) is 8.60. The maximum Gasteiger partial charge on any atom is 0.355 e. The van der Waals surface area contributed by atoms with Crippen molar-refractivity contribution in [1.82, 2.24) is 4.98 Å². The van der Waals surface area contributed by atoms with E-state index in [2.05, 4.69) is 10.3 Å². The Morgan fingerprint density at radius 3 is 2.39 bits per heavy atom. The van der Waals surface area contributed by atoms with Gasteiger partial charge < -0.3 is 15.0 Å². The molecular weight excluding hydrogens is 360 g/mol. The molecule has 3 rings (SSSR count). The number of esters is 1. The first kappa shape index (κ1) is 19.0. The summed E-state index contributed by atoms with van der Waals surface area (Å²) in [5.74, 6) is -1.41. The van der Waals surface area contributed by atoms with Crippen LogP contribution in [0.25, 0.3) is 10.9 Å². The van der Waals surface area contributed by atoms with Crippen LogP contribution in [0.1, 0.15) is 34.7 Å². The average Bonchev–Trinajstić information content (AvgIpc) is 2.67. The number of ketones is 1. The second-order valence-electron chi connectivity index (χ2n) is 6.26. The molecule has 0 aliphatic heterocycles. The first-order valence-electron chi connectivity index (χ1n) is 8.60. The number of aromatic amines is 1. The number of carbonyl (C=O) groups excluding carboxylic acids is 3. The van der Waals surface area contributed by atoms with Gasteiger partial charge in [0.1, 0.15) is 5.69 Å². The number of H-pyrrole nitrogens is 1. The van der Waals surface area contributed by atoms with Crippen LogP contribution in [0, 0.1) is 0 Å². The predicted octanol–water partition coefficient (Wildman–Crippen LogP) is 2.91. The number of benzene rings is 2. The molecule has 0 spiro atoms. The van der Waals surface area contributed by atoms with E-state index in [4.69, 9.17) is 4.74 Å². The molecule has 0 aliphatic carbocycles. The molecule has 2 N–H and O–H groups in total. The summed E-state index contributed by atoms with van der Waals surface area (Å²) in [6.07, 6.45) is -1.05. The van der Waals surface area contributed by atoms with Crippen LogP contribution in [-0.4, -0.2) is 28.7 Å². The Kier molecular flexibility index (Phi) is 5.35. The third kappa shape index (κ3) is 4.15. The molecule has 2 aromatic carbocycles. The van der Waals surface area contributed by atoms with Crippen LogP contribution >= 0.6 is 0 Å². The van der Waals surface area contributed by atoms with Crippen molar-refractivity contribution in [2.45, 2.75) is 20.0 Å². The van der Waals surface area contributed by atoms with Gasteiger partial charge in [-0.05, 0) is 43.3 Å². The van der Waals surface area contributed by atoms with E-state index in [0.29, 0.717) is 22.2 Å². The minimum absolute atomic E-state index is 0.0237. The normalized spacial score (nSPS) is 11.6. The summed E-state index contributed by atoms with van der Waals surface area (Å²) in [4.78, 5) is 50.9. The lowest BCUT2D eigenvalue weighted by Crippen LogP contribution is -2.25. The van der Waals surface area contributed by atoms with Gasteiger partial charge in [-0.1, -0.05) is 12.1 Å². The molecular formula is C21H18N2O5. The number of carbonyl (C=O) groups is 3. The van der Waals surface area contributed by atoms with Gasteiger partial charge in [0.25, 0.3) is 0 Å². The number of ether oxygens (including phenoxy) is 1.